The summed E-state index contributed by atoms with van der Waals surface area (Å²) in [5, 5.41) is 3.55. The number of halogens is 1. The molecule has 2 nitrogen and oxygen atoms in total. The Hall–Kier alpha value is -2.74. The quantitative estimate of drug-likeness (QED) is 0.291. The van der Waals surface area contributed by atoms with E-state index in [2.05, 4.69) is 72.8 Å². The second-order valence-electron chi connectivity index (χ2n) is 6.87. The minimum atomic E-state index is -2.23. The van der Waals surface area contributed by atoms with Gasteiger partial charge in [0.25, 0.3) is 0 Å². The summed E-state index contributed by atoms with van der Waals surface area (Å²) in [7, 11) is 0. The zero-order valence-electron chi connectivity index (χ0n) is 16.5. The highest BCUT2D eigenvalue weighted by molar-refractivity contribution is 7.95. The van der Waals surface area contributed by atoms with Crippen molar-refractivity contribution >= 4 is 34.4 Å². The molecule has 0 spiro atoms. The molecular weight excluding hydrogens is 453 g/mol. The van der Waals surface area contributed by atoms with E-state index < -0.39 is 6.89 Å². The van der Waals surface area contributed by atoms with Crippen molar-refractivity contribution in [3.63, 3.8) is 0 Å². The number of carbonyl (C=O) groups excluding carboxylic acids is 1. The molecule has 150 valence electrons. The van der Waals surface area contributed by atoms with Gasteiger partial charge < -0.3 is 17.0 Å². The Morgan fingerprint density at radius 1 is 0.633 bits per heavy atom. The van der Waals surface area contributed by atoms with Crippen LogP contribution in [0.15, 0.2) is 122 Å². The van der Waals surface area contributed by atoms with Crippen LogP contribution in [0.5, 0.6) is 0 Å². The number of hydrogen-bond acceptors (Lipinski definition) is 1. The summed E-state index contributed by atoms with van der Waals surface area (Å²) in [6.45, 7) is -1.91. The van der Waals surface area contributed by atoms with E-state index in [1.54, 1.807) is 0 Å². The van der Waals surface area contributed by atoms with E-state index in [4.69, 9.17) is 0 Å². The van der Waals surface area contributed by atoms with Crippen LogP contribution in [0.25, 0.3) is 0 Å². The van der Waals surface area contributed by atoms with E-state index in [0.29, 0.717) is 6.54 Å². The Morgan fingerprint density at radius 3 is 1.40 bits per heavy atom. The average Bonchev–Trinajstić information content (AvgIpc) is 2.80. The van der Waals surface area contributed by atoms with Crippen molar-refractivity contribution in [2.45, 2.75) is 6.54 Å². The van der Waals surface area contributed by atoms with Crippen LogP contribution in [-0.2, 0) is 11.3 Å². The number of benzene rings is 3. The number of pyridine rings is 1. The Bertz CT molecular complexity index is 1030. The lowest BCUT2D eigenvalue weighted by Gasteiger charge is -2.28. The van der Waals surface area contributed by atoms with E-state index in [0.717, 1.165) is 0 Å². The van der Waals surface area contributed by atoms with Gasteiger partial charge in [-0.25, -0.2) is 0 Å². The van der Waals surface area contributed by atoms with Gasteiger partial charge in [0.05, 0.1) is 0 Å². The molecule has 1 aromatic heterocycles. The minimum Gasteiger partial charge on any atom is -1.00 e. The molecule has 0 N–H and O–H groups in total. The highest BCUT2D eigenvalue weighted by Gasteiger charge is 2.26. The molecule has 0 saturated heterocycles. The monoisotopic (exact) mass is 475 g/mol. The number of hydrogen-bond donors (Lipinski definition) is 0. The Labute approximate surface area is 188 Å². The zero-order valence-corrected chi connectivity index (χ0v) is 19.0. The van der Waals surface area contributed by atoms with Crippen LogP contribution < -0.4 is 37.5 Å². The number of Topliss-reactive ketones (excluding diaryl/α,β-unsaturated/α-hetero) is 1. The Morgan fingerprint density at radius 2 is 1.00 bits per heavy atom. The van der Waals surface area contributed by atoms with Gasteiger partial charge in [-0.3, -0.25) is 4.79 Å². The van der Waals surface area contributed by atoms with Crippen molar-refractivity contribution in [1.29, 1.82) is 0 Å². The fourth-order valence-electron chi connectivity index (χ4n) is 3.64. The molecule has 0 saturated carbocycles. The van der Waals surface area contributed by atoms with Crippen molar-refractivity contribution in [1.82, 2.24) is 0 Å². The van der Waals surface area contributed by atoms with Crippen LogP contribution in [0, 0.1) is 0 Å². The van der Waals surface area contributed by atoms with Gasteiger partial charge in [-0.05, 0) is 28.6 Å². The van der Waals surface area contributed by atoms with Gasteiger partial charge in [-0.15, -0.1) is 0 Å². The molecule has 0 radical (unpaired) electrons. The maximum atomic E-state index is 13.3. The Kier molecular flexibility index (Phi) is 7.57. The average molecular weight is 476 g/mol. The summed E-state index contributed by atoms with van der Waals surface area (Å²) in [4.78, 5) is 13.3. The summed E-state index contributed by atoms with van der Waals surface area (Å²) < 4.78 is 1.93. The first-order chi connectivity index (χ1) is 14.3. The molecule has 0 fully saturated rings. The third-order valence-corrected chi connectivity index (χ3v) is 8.96. The van der Waals surface area contributed by atoms with Gasteiger partial charge in [-0.2, -0.15) is 4.57 Å². The second kappa shape index (κ2) is 10.3. The van der Waals surface area contributed by atoms with E-state index in [1.165, 1.54) is 15.9 Å². The molecule has 0 bridgehead atoms. The predicted molar refractivity (Wildman–Crippen MR) is 123 cm³/mol. The van der Waals surface area contributed by atoms with Crippen LogP contribution >= 0.6 is 6.89 Å². The standard InChI is InChI=1S/C26H23NOP.BrH/c28-23(21-27-19-11-4-12-20-27)22-29(24-13-5-1-6-14-24,25-15-7-2-8-16-25)26-17-9-3-10-18-26;/h1-20,22H,21H2;1H/q+1;/p-1. The predicted octanol–water partition coefficient (Wildman–Crippen LogP) is 0.344. The first-order valence-electron chi connectivity index (χ1n) is 9.67. The van der Waals surface area contributed by atoms with Gasteiger partial charge in [0.2, 0.25) is 12.3 Å². The molecule has 4 rings (SSSR count). The highest BCUT2D eigenvalue weighted by atomic mass is 79.9. The van der Waals surface area contributed by atoms with E-state index in [9.17, 15) is 4.79 Å². The largest absolute Gasteiger partial charge is 1.00 e. The van der Waals surface area contributed by atoms with E-state index >= 15 is 0 Å². The zero-order chi connectivity index (χ0) is 19.9. The fourth-order valence-corrected chi connectivity index (χ4v) is 7.42. The number of nitrogens with zero attached hydrogens (tertiary/aromatic N) is 1. The number of rotatable bonds is 6. The molecule has 0 amide bonds. The van der Waals surface area contributed by atoms with Crippen LogP contribution in [-0.4, -0.2) is 11.6 Å². The molecule has 4 aromatic rings. The molecule has 3 aromatic carbocycles. The lowest BCUT2D eigenvalue weighted by molar-refractivity contribution is -0.683. The summed E-state index contributed by atoms with van der Waals surface area (Å²) in [5.74, 6) is 2.11. The van der Waals surface area contributed by atoms with Crippen molar-refractivity contribution in [3.8, 4) is 0 Å². The van der Waals surface area contributed by atoms with Crippen molar-refractivity contribution in [2.75, 3.05) is 0 Å². The van der Waals surface area contributed by atoms with Gasteiger partial charge in [-0.1, -0.05) is 97.1 Å². The van der Waals surface area contributed by atoms with E-state index in [-0.39, 0.29) is 22.8 Å². The highest BCUT2D eigenvalue weighted by Crippen LogP contribution is 2.43. The molecule has 30 heavy (non-hydrogen) atoms. The summed E-state index contributed by atoms with van der Waals surface area (Å²) in [6.07, 6.45) is 3.86. The van der Waals surface area contributed by atoms with Crippen molar-refractivity contribution in [3.05, 3.63) is 122 Å². The molecule has 4 heteroatoms. The third-order valence-electron chi connectivity index (χ3n) is 4.94. The number of ketones is 1. The molecule has 0 atom stereocenters. The van der Waals surface area contributed by atoms with Crippen molar-refractivity contribution in [2.24, 2.45) is 0 Å². The smallest absolute Gasteiger partial charge is 0.221 e. The van der Waals surface area contributed by atoms with Crippen molar-refractivity contribution < 1.29 is 26.3 Å². The van der Waals surface area contributed by atoms with Crippen LogP contribution in [0.2, 0.25) is 0 Å². The van der Waals surface area contributed by atoms with Gasteiger partial charge in [0.15, 0.2) is 12.4 Å². The minimum absolute atomic E-state index is 0. The lowest BCUT2D eigenvalue weighted by Crippen LogP contribution is -3.00. The molecule has 0 unspecified atom stereocenters. The van der Waals surface area contributed by atoms with Gasteiger partial charge >= 0.3 is 0 Å². The Balaban J connectivity index is 0.00000256. The number of aromatic nitrogens is 1. The topological polar surface area (TPSA) is 20.9 Å². The van der Waals surface area contributed by atoms with Crippen LogP contribution in [0.1, 0.15) is 0 Å². The number of carbonyl (C=O) groups is 1. The molecule has 0 aliphatic carbocycles. The van der Waals surface area contributed by atoms with Crippen LogP contribution in [0.4, 0.5) is 0 Å². The molecular formula is C26H23BrNOP. The molecule has 0 aliphatic heterocycles. The lowest BCUT2D eigenvalue weighted by atomic mass is 10.4. The van der Waals surface area contributed by atoms with Gasteiger partial charge in [0, 0.05) is 12.1 Å². The van der Waals surface area contributed by atoms with Gasteiger partial charge in [0.1, 0.15) is 0 Å². The summed E-state index contributed by atoms with van der Waals surface area (Å²) in [6, 6.07) is 37.1. The fraction of sp³-hybridized carbons (Fsp3) is 0.0385. The normalized spacial score (nSPS) is 10.7. The molecule has 1 heterocycles. The summed E-state index contributed by atoms with van der Waals surface area (Å²) >= 11 is 0. The summed E-state index contributed by atoms with van der Waals surface area (Å²) in [5.41, 5.74) is 0. The van der Waals surface area contributed by atoms with Crippen LogP contribution in [0.3, 0.4) is 0 Å². The maximum absolute atomic E-state index is 13.3. The molecule has 0 aliphatic rings. The first-order valence-corrected chi connectivity index (χ1v) is 11.5. The second-order valence-corrected chi connectivity index (χ2v) is 10.1. The first kappa shape index (κ1) is 22.0. The SMILES string of the molecule is O=C(C=P(c1ccccc1)(c1ccccc1)c1ccccc1)C[n+]1ccccc1.[Br-]. The maximum Gasteiger partial charge on any atom is 0.221 e. The van der Waals surface area contributed by atoms with E-state index in [1.807, 2.05) is 59.2 Å². The third kappa shape index (κ3) is 4.70.